The highest BCUT2D eigenvalue weighted by Gasteiger charge is 2.28. The molecule has 0 aromatic heterocycles. The fraction of sp³-hybridized carbons (Fsp3) is 0.660. The van der Waals surface area contributed by atoms with Gasteiger partial charge in [0.25, 0.3) is 0 Å². The molecule has 12 heteroatoms. The number of aliphatic hydroxyl groups excluding tert-OH is 1. The van der Waals surface area contributed by atoms with Gasteiger partial charge in [0, 0.05) is 12.8 Å². The molecule has 3 atom stereocenters. The molecule has 0 aliphatic rings. The number of aliphatic hydroxyl groups is 1. The minimum Gasteiger partial charge on any atom is -0.480 e. The molecule has 4 N–H and O–H groups in total. The zero-order valence-electron chi connectivity index (χ0n) is 38.4. The number of carboxylic acids is 1. The monoisotopic (exact) mass is 890 g/mol. The van der Waals surface area contributed by atoms with Crippen molar-refractivity contribution in [2.75, 3.05) is 19.8 Å². The quantitative estimate of drug-likeness (QED) is 0.0200. The predicted octanol–water partition coefficient (Wildman–Crippen LogP) is 12.7. The van der Waals surface area contributed by atoms with Crippen LogP contribution in [0.5, 0.6) is 0 Å². The van der Waals surface area contributed by atoms with Crippen LogP contribution in [0.15, 0.2) is 85.1 Å². The zero-order valence-corrected chi connectivity index (χ0v) is 39.3. The van der Waals surface area contributed by atoms with Crippen LogP contribution in [-0.4, -0.2) is 64.9 Å². The van der Waals surface area contributed by atoms with Crippen LogP contribution in [0.3, 0.4) is 0 Å². The van der Waals surface area contributed by atoms with E-state index in [1.165, 1.54) is 25.7 Å². The molecule has 0 saturated heterocycles. The van der Waals surface area contributed by atoms with Gasteiger partial charge in [0.2, 0.25) is 5.91 Å². The summed E-state index contributed by atoms with van der Waals surface area (Å²) in [5.74, 6) is -2.42. The molecule has 0 radical (unpaired) electrons. The first-order chi connectivity index (χ1) is 30.1. The molecule has 0 aromatic rings. The number of carbonyl (C=O) groups excluding carboxylic acids is 2. The molecule has 0 aliphatic heterocycles. The number of carbonyl (C=O) groups is 3. The minimum atomic E-state index is -4.77. The van der Waals surface area contributed by atoms with E-state index >= 15 is 0 Å². The molecule has 0 aromatic carbocycles. The van der Waals surface area contributed by atoms with E-state index in [1.807, 2.05) is 0 Å². The van der Waals surface area contributed by atoms with Crippen LogP contribution in [0.2, 0.25) is 0 Å². The van der Waals surface area contributed by atoms with Crippen molar-refractivity contribution in [3.63, 3.8) is 0 Å². The summed E-state index contributed by atoms with van der Waals surface area (Å²) in [6.07, 6.45) is 54.6. The van der Waals surface area contributed by atoms with Gasteiger partial charge in [0.1, 0.15) is 12.7 Å². The molecule has 0 rings (SSSR count). The van der Waals surface area contributed by atoms with Crippen molar-refractivity contribution < 1.29 is 47.8 Å². The van der Waals surface area contributed by atoms with Crippen LogP contribution in [0.25, 0.3) is 0 Å². The lowest BCUT2D eigenvalue weighted by Gasteiger charge is -2.18. The highest BCUT2D eigenvalue weighted by atomic mass is 31.2. The van der Waals surface area contributed by atoms with Gasteiger partial charge in [-0.3, -0.25) is 18.6 Å². The van der Waals surface area contributed by atoms with Gasteiger partial charge >= 0.3 is 19.8 Å². The summed E-state index contributed by atoms with van der Waals surface area (Å²) in [6.45, 7) is 2.42. The van der Waals surface area contributed by atoms with Gasteiger partial charge in [0.15, 0.2) is 6.04 Å². The van der Waals surface area contributed by atoms with Crippen LogP contribution < -0.4 is 5.32 Å². The number of aliphatic carboxylic acids is 1. The van der Waals surface area contributed by atoms with Crippen molar-refractivity contribution in [1.82, 2.24) is 5.32 Å². The second-order valence-corrected chi connectivity index (χ2v) is 17.0. The molecule has 0 spiro atoms. The van der Waals surface area contributed by atoms with Gasteiger partial charge in [-0.25, -0.2) is 9.36 Å². The van der Waals surface area contributed by atoms with Crippen molar-refractivity contribution in [2.24, 2.45) is 0 Å². The van der Waals surface area contributed by atoms with E-state index < -0.39 is 57.6 Å². The van der Waals surface area contributed by atoms with Gasteiger partial charge in [0.05, 0.1) is 13.2 Å². The smallest absolute Gasteiger partial charge is 0.472 e. The summed E-state index contributed by atoms with van der Waals surface area (Å²) >= 11 is 0. The summed E-state index contributed by atoms with van der Waals surface area (Å²) in [6, 6.07) is -1.56. The second kappa shape index (κ2) is 44.3. The molecule has 11 nitrogen and oxygen atoms in total. The third-order valence-electron chi connectivity index (χ3n) is 9.67. The van der Waals surface area contributed by atoms with Crippen LogP contribution in [0.1, 0.15) is 181 Å². The number of hydrogen-bond acceptors (Lipinski definition) is 8. The van der Waals surface area contributed by atoms with Crippen molar-refractivity contribution in [3.8, 4) is 0 Å². The van der Waals surface area contributed by atoms with Gasteiger partial charge in [-0.2, -0.15) is 0 Å². The maximum Gasteiger partial charge on any atom is 0.472 e. The average Bonchev–Trinajstić information content (AvgIpc) is 3.25. The maximum absolute atomic E-state index is 12.4. The van der Waals surface area contributed by atoms with Crippen LogP contribution in [0.4, 0.5) is 0 Å². The Balaban J connectivity index is 3.93. The highest BCUT2D eigenvalue weighted by Crippen LogP contribution is 2.43. The molecular formula is C50H84NO10P. The first-order valence-corrected chi connectivity index (χ1v) is 25.1. The van der Waals surface area contributed by atoms with E-state index in [-0.39, 0.29) is 12.8 Å². The van der Waals surface area contributed by atoms with Gasteiger partial charge in [-0.05, 0) is 89.9 Å². The Bertz CT molecular complexity index is 1370. The number of carboxylic acid groups (broad SMARTS) is 1. The Labute approximate surface area is 375 Å². The number of ether oxygens (including phenoxy) is 1. The zero-order chi connectivity index (χ0) is 45.6. The Morgan fingerprint density at radius 2 is 0.935 bits per heavy atom. The molecule has 354 valence electrons. The molecule has 62 heavy (non-hydrogen) atoms. The van der Waals surface area contributed by atoms with Crippen LogP contribution >= 0.6 is 7.82 Å². The number of rotatable bonds is 43. The summed E-state index contributed by atoms with van der Waals surface area (Å²) in [5.41, 5.74) is 0. The predicted molar refractivity (Wildman–Crippen MR) is 254 cm³/mol. The van der Waals surface area contributed by atoms with Crippen LogP contribution in [-0.2, 0) is 32.7 Å². The third kappa shape index (κ3) is 43.3. The van der Waals surface area contributed by atoms with E-state index in [0.717, 1.165) is 116 Å². The SMILES string of the molecule is CC/C=C\C/C=C\C/C=C\CCCCCCCC(=O)OCC(O)COP(=O)(O)OCC(NC(=O)CCCCCCCCC/C=C\C/C=C\C/C=C\C/C=C\CCCCC)C(=O)O. The van der Waals surface area contributed by atoms with Gasteiger partial charge in [-0.1, -0.05) is 163 Å². The lowest BCUT2D eigenvalue weighted by atomic mass is 10.1. The van der Waals surface area contributed by atoms with Crippen molar-refractivity contribution in [3.05, 3.63) is 85.1 Å². The fourth-order valence-electron chi connectivity index (χ4n) is 6.02. The third-order valence-corrected chi connectivity index (χ3v) is 10.6. The van der Waals surface area contributed by atoms with Crippen molar-refractivity contribution >= 4 is 25.7 Å². The van der Waals surface area contributed by atoms with Crippen molar-refractivity contribution in [1.29, 1.82) is 0 Å². The average molecular weight is 890 g/mol. The molecule has 0 heterocycles. The molecule has 1 amide bonds. The summed E-state index contributed by atoms with van der Waals surface area (Å²) < 4.78 is 26.9. The maximum atomic E-state index is 12.4. The van der Waals surface area contributed by atoms with E-state index in [2.05, 4.69) is 104 Å². The Morgan fingerprint density at radius 3 is 1.40 bits per heavy atom. The second-order valence-electron chi connectivity index (χ2n) is 15.6. The number of nitrogens with one attached hydrogen (secondary N) is 1. The number of hydrogen-bond donors (Lipinski definition) is 4. The van der Waals surface area contributed by atoms with E-state index in [4.69, 9.17) is 13.8 Å². The topological polar surface area (TPSA) is 169 Å². The number of allylic oxidation sites excluding steroid dienone is 14. The molecular weight excluding hydrogens is 806 g/mol. The lowest BCUT2D eigenvalue weighted by Crippen LogP contribution is -2.43. The lowest BCUT2D eigenvalue weighted by molar-refractivity contribution is -0.147. The Hall–Kier alpha value is -3.34. The molecule has 0 fully saturated rings. The number of phosphoric ester groups is 1. The van der Waals surface area contributed by atoms with Gasteiger partial charge < -0.3 is 25.2 Å². The number of phosphoric acid groups is 1. The van der Waals surface area contributed by atoms with E-state index in [0.29, 0.717) is 12.8 Å². The van der Waals surface area contributed by atoms with E-state index in [9.17, 15) is 34.1 Å². The summed E-state index contributed by atoms with van der Waals surface area (Å²) in [7, 11) is -4.77. The molecule has 0 aliphatic carbocycles. The van der Waals surface area contributed by atoms with Crippen LogP contribution in [0, 0.1) is 0 Å². The molecule has 0 bridgehead atoms. The first-order valence-electron chi connectivity index (χ1n) is 23.6. The van der Waals surface area contributed by atoms with Gasteiger partial charge in [-0.15, -0.1) is 0 Å². The minimum absolute atomic E-state index is 0.127. The standard InChI is InChI=1S/C50H84NO10P/c1-3-5-7-9-11-13-15-17-19-20-21-22-23-24-25-26-28-29-31-33-35-37-39-41-48(53)51-47(50(55)56)45-61-62(57,58)60-44-46(52)43-59-49(54)42-40-38-36-34-32-30-27-18-16-14-12-10-8-6-4-2/h6,8,11-14,17-19,21-22,24-25,27,46-47,52H,3-5,7,9-10,15-16,20,23,26,28-45H2,1-2H3,(H,51,53)(H,55,56)(H,57,58)/b8-6-,13-11-,14-12-,19-17-,22-21-,25-24-,27-18-. The summed E-state index contributed by atoms with van der Waals surface area (Å²) in [5, 5.41) is 21.9. The fourth-order valence-corrected chi connectivity index (χ4v) is 6.79. The largest absolute Gasteiger partial charge is 0.480 e. The Kier molecular flexibility index (Phi) is 41.9. The van der Waals surface area contributed by atoms with Crippen molar-refractivity contribution in [2.45, 2.75) is 193 Å². The first kappa shape index (κ1) is 58.7. The molecule has 3 unspecified atom stereocenters. The molecule has 0 saturated carbocycles. The summed E-state index contributed by atoms with van der Waals surface area (Å²) in [4.78, 5) is 46.0. The van der Waals surface area contributed by atoms with E-state index in [1.54, 1.807) is 0 Å². The number of amides is 1. The number of unbranched alkanes of at least 4 members (excludes halogenated alkanes) is 15. The number of esters is 1. The highest BCUT2D eigenvalue weighted by molar-refractivity contribution is 7.47. The normalized spacial score (nSPS) is 14.4. The Morgan fingerprint density at radius 1 is 0.532 bits per heavy atom.